The van der Waals surface area contributed by atoms with Crippen LogP contribution in [0.2, 0.25) is 10.0 Å². The Morgan fingerprint density at radius 1 is 0.979 bits per heavy atom. The number of aromatic nitrogens is 3. The van der Waals surface area contributed by atoms with Crippen molar-refractivity contribution in [2.45, 2.75) is 12.0 Å². The maximum Gasteiger partial charge on any atom is 0.343 e. The highest BCUT2D eigenvalue weighted by Crippen LogP contribution is 2.48. The number of pyridine rings is 1. The van der Waals surface area contributed by atoms with E-state index in [9.17, 15) is 9.36 Å². The van der Waals surface area contributed by atoms with Crippen LogP contribution in [0.25, 0.3) is 22.0 Å². The first-order valence-electron chi connectivity index (χ1n) is 15.3. The Morgan fingerprint density at radius 2 is 1.69 bits per heavy atom. The van der Waals surface area contributed by atoms with Crippen LogP contribution in [0.4, 0.5) is 0 Å². The molecule has 2 atom stereocenters. The van der Waals surface area contributed by atoms with Gasteiger partial charge in [0.15, 0.2) is 0 Å². The SMILES string of the molecule is Cn1cncc1C(N)(c1ccc(Cl)cc1)c1ccc2c(c1)c(-c1cccc(Cl)c1)cc(=O)n2C.O=P1(N(CCCl)CCCl)NCCCO1. The lowest BCUT2D eigenvalue weighted by atomic mass is 9.80. The van der Waals surface area contributed by atoms with Crippen LogP contribution >= 0.6 is 54.1 Å². The summed E-state index contributed by atoms with van der Waals surface area (Å²) in [4.78, 5) is 17.1. The summed E-state index contributed by atoms with van der Waals surface area (Å²) in [5.41, 5.74) is 11.1. The third-order valence-corrected chi connectivity index (χ3v) is 11.4. The van der Waals surface area contributed by atoms with Gasteiger partial charge in [-0.1, -0.05) is 53.5 Å². The first kappa shape index (κ1) is 36.6. The first-order valence-corrected chi connectivity index (χ1v) is 18.7. The van der Waals surface area contributed by atoms with Gasteiger partial charge in [0.05, 0.1) is 30.3 Å². The number of alkyl halides is 2. The van der Waals surface area contributed by atoms with Gasteiger partial charge >= 0.3 is 7.67 Å². The van der Waals surface area contributed by atoms with Gasteiger partial charge in [-0.15, -0.1) is 23.2 Å². The average Bonchev–Trinajstić information content (AvgIpc) is 3.53. The molecule has 1 aliphatic heterocycles. The van der Waals surface area contributed by atoms with Crippen LogP contribution in [0.1, 0.15) is 23.2 Å². The Morgan fingerprint density at radius 3 is 2.29 bits per heavy atom. The summed E-state index contributed by atoms with van der Waals surface area (Å²) >= 11 is 23.7. The molecule has 0 saturated carbocycles. The van der Waals surface area contributed by atoms with E-state index < -0.39 is 13.2 Å². The fraction of sp³-hybridized carbons (Fsp3) is 0.294. The third-order valence-electron chi connectivity index (χ3n) is 8.31. The lowest BCUT2D eigenvalue weighted by Gasteiger charge is -2.33. The minimum absolute atomic E-state index is 0.0985. The molecular weight excluding hydrogens is 713 g/mol. The number of halogens is 4. The lowest BCUT2D eigenvalue weighted by Crippen LogP contribution is -2.41. The van der Waals surface area contributed by atoms with Gasteiger partial charge in [0.25, 0.3) is 5.56 Å². The van der Waals surface area contributed by atoms with Crippen molar-refractivity contribution in [2.75, 3.05) is 38.0 Å². The zero-order valence-electron chi connectivity index (χ0n) is 26.6. The molecule has 2 unspecified atom stereocenters. The molecule has 0 radical (unpaired) electrons. The van der Waals surface area contributed by atoms with Crippen LogP contribution in [0.3, 0.4) is 0 Å². The van der Waals surface area contributed by atoms with Crippen molar-refractivity contribution in [1.29, 1.82) is 0 Å². The van der Waals surface area contributed by atoms with Gasteiger partial charge in [0.1, 0.15) is 5.54 Å². The van der Waals surface area contributed by atoms with Crippen LogP contribution in [-0.4, -0.2) is 56.8 Å². The molecule has 0 aliphatic carbocycles. The Balaban J connectivity index is 0.000000271. The summed E-state index contributed by atoms with van der Waals surface area (Å²) in [6.45, 7) is 2.31. The molecule has 6 rings (SSSR count). The highest BCUT2D eigenvalue weighted by atomic mass is 35.5. The maximum absolute atomic E-state index is 12.8. The van der Waals surface area contributed by atoms with Crippen LogP contribution < -0.4 is 16.4 Å². The molecule has 14 heteroatoms. The third kappa shape index (κ3) is 7.71. The van der Waals surface area contributed by atoms with E-state index in [-0.39, 0.29) is 5.56 Å². The van der Waals surface area contributed by atoms with E-state index in [1.807, 2.05) is 78.3 Å². The van der Waals surface area contributed by atoms with E-state index in [4.69, 9.17) is 56.7 Å². The molecule has 254 valence electrons. The first-order chi connectivity index (χ1) is 23.0. The number of nitrogens with one attached hydrogen (secondary N) is 1. The van der Waals surface area contributed by atoms with Crippen molar-refractivity contribution in [3.05, 3.63) is 123 Å². The molecule has 3 heterocycles. The molecule has 0 spiro atoms. The van der Waals surface area contributed by atoms with E-state index in [1.165, 1.54) is 0 Å². The van der Waals surface area contributed by atoms with Crippen molar-refractivity contribution in [3.63, 3.8) is 0 Å². The largest absolute Gasteiger partial charge is 0.343 e. The second-order valence-electron chi connectivity index (χ2n) is 11.3. The van der Waals surface area contributed by atoms with Gasteiger partial charge in [-0.2, -0.15) is 0 Å². The van der Waals surface area contributed by atoms with Crippen LogP contribution in [0, 0.1) is 0 Å². The fourth-order valence-electron chi connectivity index (χ4n) is 5.79. The summed E-state index contributed by atoms with van der Waals surface area (Å²) in [6.07, 6.45) is 4.39. The molecule has 3 N–H and O–H groups in total. The number of aryl methyl sites for hydroxylation is 2. The second kappa shape index (κ2) is 15.9. The van der Waals surface area contributed by atoms with Crippen molar-refractivity contribution in [3.8, 4) is 11.1 Å². The molecule has 2 aromatic heterocycles. The van der Waals surface area contributed by atoms with E-state index in [0.29, 0.717) is 41.5 Å². The predicted molar refractivity (Wildman–Crippen MR) is 198 cm³/mol. The van der Waals surface area contributed by atoms with Gasteiger partial charge in [-0.05, 0) is 65.1 Å². The number of rotatable bonds is 9. The summed E-state index contributed by atoms with van der Waals surface area (Å²) < 4.78 is 22.7. The van der Waals surface area contributed by atoms with Crippen molar-refractivity contribution in [2.24, 2.45) is 19.8 Å². The molecule has 48 heavy (non-hydrogen) atoms. The van der Waals surface area contributed by atoms with Crippen molar-refractivity contribution >= 4 is 65.0 Å². The van der Waals surface area contributed by atoms with Crippen molar-refractivity contribution in [1.82, 2.24) is 23.9 Å². The number of hydrogen-bond acceptors (Lipinski definition) is 5. The van der Waals surface area contributed by atoms with Gasteiger partial charge < -0.3 is 19.4 Å². The van der Waals surface area contributed by atoms with E-state index >= 15 is 0 Å². The van der Waals surface area contributed by atoms with E-state index in [1.54, 1.807) is 34.9 Å². The van der Waals surface area contributed by atoms with Crippen LogP contribution in [0.15, 0.2) is 90.1 Å². The van der Waals surface area contributed by atoms with E-state index in [2.05, 4.69) is 10.1 Å². The standard InChI is InChI=1S/C27H22Cl2N4O.C7H15Cl2N2O2P/c1-32-16-31-15-25(32)27(30,18-6-9-20(28)10-7-18)19-8-11-24-23(13-19)22(14-26(34)33(24)2)17-4-3-5-21(29)12-17;8-2-5-11(6-3-9)14(12)10-4-1-7-13-14/h3-16H,30H2,1-2H3;1-7H2,(H,10,12). The van der Waals surface area contributed by atoms with Gasteiger partial charge in [-0.3, -0.25) is 9.36 Å². The van der Waals surface area contributed by atoms with Gasteiger partial charge in [-0.25, -0.2) is 14.7 Å². The smallest absolute Gasteiger partial charge is 0.336 e. The molecule has 0 amide bonds. The lowest BCUT2D eigenvalue weighted by molar-refractivity contribution is 0.233. The zero-order chi connectivity index (χ0) is 34.5. The molecule has 9 nitrogen and oxygen atoms in total. The molecular formula is C34H37Cl4N6O3P. The summed E-state index contributed by atoms with van der Waals surface area (Å²) in [5, 5.41) is 5.04. The second-order valence-corrected chi connectivity index (χ2v) is 15.2. The Bertz CT molecular complexity index is 1970. The van der Waals surface area contributed by atoms with Gasteiger partial charge in [0.2, 0.25) is 0 Å². The Hall–Kier alpha value is -2.69. The van der Waals surface area contributed by atoms with Crippen LogP contribution in [-0.2, 0) is 28.7 Å². The number of nitrogens with zero attached hydrogens (tertiary/aromatic N) is 4. The minimum Gasteiger partial charge on any atom is -0.336 e. The van der Waals surface area contributed by atoms with Crippen molar-refractivity contribution < 1.29 is 9.09 Å². The number of imidazole rings is 1. The Kier molecular flexibility index (Phi) is 12.1. The average molecular weight is 750 g/mol. The summed E-state index contributed by atoms with van der Waals surface area (Å²) in [7, 11) is 0.842. The topological polar surface area (TPSA) is 107 Å². The predicted octanol–water partition coefficient (Wildman–Crippen LogP) is 7.38. The summed E-state index contributed by atoms with van der Waals surface area (Å²) in [6, 6.07) is 22.6. The minimum atomic E-state index is -2.84. The molecule has 1 fully saturated rings. The molecule has 1 saturated heterocycles. The Labute approximate surface area is 300 Å². The molecule has 1 aliphatic rings. The quantitative estimate of drug-likeness (QED) is 0.120. The highest BCUT2D eigenvalue weighted by Gasteiger charge is 2.35. The number of nitrogens with two attached hydrogens (primary N) is 1. The van der Waals surface area contributed by atoms with Crippen LogP contribution in [0.5, 0.6) is 0 Å². The molecule has 0 bridgehead atoms. The maximum atomic E-state index is 12.8. The number of fused-ring (bicyclic) bond motifs is 1. The zero-order valence-corrected chi connectivity index (χ0v) is 30.5. The fourth-order valence-corrected chi connectivity index (χ4v) is 8.75. The normalized spacial score (nSPS) is 17.6. The molecule has 5 aromatic rings. The van der Waals surface area contributed by atoms with Gasteiger partial charge in [0, 0.05) is 67.0 Å². The molecule has 3 aromatic carbocycles. The monoisotopic (exact) mass is 748 g/mol. The number of hydrogen-bond donors (Lipinski definition) is 2. The highest BCUT2D eigenvalue weighted by molar-refractivity contribution is 7.54. The van der Waals surface area contributed by atoms with E-state index in [0.717, 1.165) is 51.8 Å². The number of benzene rings is 3. The summed E-state index contributed by atoms with van der Waals surface area (Å²) in [5.74, 6) is 0.845.